The van der Waals surface area contributed by atoms with Gasteiger partial charge in [-0.25, -0.2) is 9.78 Å². The van der Waals surface area contributed by atoms with Crippen LogP contribution in [-0.2, 0) is 4.74 Å². The van der Waals surface area contributed by atoms with Gasteiger partial charge in [0.15, 0.2) is 0 Å². The van der Waals surface area contributed by atoms with Gasteiger partial charge in [0.1, 0.15) is 5.01 Å². The van der Waals surface area contributed by atoms with Gasteiger partial charge in [0.25, 0.3) is 0 Å². The van der Waals surface area contributed by atoms with E-state index >= 15 is 0 Å². The third-order valence-corrected chi connectivity index (χ3v) is 6.59. The number of piperidine rings is 1. The number of hydrogen-bond donors (Lipinski definition) is 1. The van der Waals surface area contributed by atoms with E-state index in [9.17, 15) is 4.79 Å². The van der Waals surface area contributed by atoms with Crippen LogP contribution in [0, 0.1) is 18.8 Å². The Morgan fingerprint density at radius 2 is 2.12 bits per heavy atom. The van der Waals surface area contributed by atoms with E-state index in [4.69, 9.17) is 4.74 Å². The number of nitrogens with zero attached hydrogens (tertiary/aromatic N) is 2. The monoisotopic (exact) mass is 349 g/mol. The fourth-order valence-corrected chi connectivity index (χ4v) is 4.92. The lowest BCUT2D eigenvalue weighted by molar-refractivity contribution is 0.0370. The molecule has 24 heavy (non-hydrogen) atoms. The predicted octanol–water partition coefficient (Wildman–Crippen LogP) is 3.50. The number of nitrogens with one attached hydrogen (secondary N) is 1. The zero-order chi connectivity index (χ0) is 16.5. The molecule has 3 heterocycles. The van der Waals surface area contributed by atoms with E-state index in [0.29, 0.717) is 17.9 Å². The molecule has 1 aromatic heterocycles. The molecular formula is C18H27N3O2S. The summed E-state index contributed by atoms with van der Waals surface area (Å²) >= 11 is 1.71. The van der Waals surface area contributed by atoms with Crippen LogP contribution in [0.5, 0.6) is 0 Å². The predicted molar refractivity (Wildman–Crippen MR) is 94.1 cm³/mol. The minimum absolute atomic E-state index is 0.0885. The largest absolute Gasteiger partial charge is 0.378 e. The van der Waals surface area contributed by atoms with Crippen molar-refractivity contribution in [3.63, 3.8) is 0 Å². The molecule has 1 N–H and O–H groups in total. The van der Waals surface area contributed by atoms with Crippen LogP contribution in [-0.4, -0.2) is 41.7 Å². The van der Waals surface area contributed by atoms with Crippen molar-refractivity contribution in [1.29, 1.82) is 0 Å². The lowest BCUT2D eigenvalue weighted by atomic mass is 9.90. The van der Waals surface area contributed by atoms with E-state index in [1.165, 1.54) is 30.6 Å². The molecule has 0 aromatic carbocycles. The summed E-state index contributed by atoms with van der Waals surface area (Å²) in [4.78, 5) is 20.4. The lowest BCUT2D eigenvalue weighted by Crippen LogP contribution is -2.47. The minimum Gasteiger partial charge on any atom is -0.378 e. The number of aryl methyl sites for hydroxylation is 1. The molecule has 1 aliphatic carbocycles. The van der Waals surface area contributed by atoms with Gasteiger partial charge in [-0.3, -0.25) is 0 Å². The fourth-order valence-electron chi connectivity index (χ4n) is 4.00. The third-order valence-electron chi connectivity index (χ3n) is 5.60. The standard InChI is InChI=1S/C18H27N3O2S/c1-12-11-19-17(24-12)16(14-4-5-14)20-18(22)21-8-6-13(7-9-21)15-3-2-10-23-15/h11,13-16H,2-10H2,1H3,(H,20,22). The van der Waals surface area contributed by atoms with Crippen molar-refractivity contribution in [2.24, 2.45) is 11.8 Å². The SMILES string of the molecule is Cc1cnc(C(NC(=O)N2CCC(C3CCCO3)CC2)C2CC2)s1. The molecule has 1 aromatic rings. The van der Waals surface area contributed by atoms with Crippen LogP contribution in [0.25, 0.3) is 0 Å². The molecule has 2 saturated heterocycles. The summed E-state index contributed by atoms with van der Waals surface area (Å²) in [5, 5.41) is 4.33. The van der Waals surface area contributed by atoms with Gasteiger partial charge in [0.05, 0.1) is 12.1 Å². The Labute approximate surface area is 147 Å². The van der Waals surface area contributed by atoms with Gasteiger partial charge < -0.3 is 15.0 Å². The minimum atomic E-state index is 0.0885. The molecule has 2 amide bonds. The summed E-state index contributed by atoms with van der Waals surface area (Å²) in [6, 6.07) is 0.192. The van der Waals surface area contributed by atoms with Gasteiger partial charge in [-0.1, -0.05) is 0 Å². The second-order valence-corrected chi connectivity index (χ2v) is 8.72. The highest BCUT2D eigenvalue weighted by atomic mass is 32.1. The average Bonchev–Trinajstić information content (AvgIpc) is 3.10. The molecule has 2 unspecified atom stereocenters. The summed E-state index contributed by atoms with van der Waals surface area (Å²) in [7, 11) is 0. The van der Waals surface area contributed by atoms with Crippen molar-refractivity contribution in [1.82, 2.24) is 15.2 Å². The first-order chi connectivity index (χ1) is 11.7. The Bertz CT molecular complexity index is 573. The van der Waals surface area contributed by atoms with Crippen molar-refractivity contribution in [3.05, 3.63) is 16.1 Å². The summed E-state index contributed by atoms with van der Waals surface area (Å²) in [5.41, 5.74) is 0. The highest BCUT2D eigenvalue weighted by molar-refractivity contribution is 7.11. The van der Waals surface area contributed by atoms with Crippen LogP contribution in [0.2, 0.25) is 0 Å². The van der Waals surface area contributed by atoms with Crippen molar-refractivity contribution in [3.8, 4) is 0 Å². The van der Waals surface area contributed by atoms with Crippen LogP contribution >= 0.6 is 11.3 Å². The van der Waals surface area contributed by atoms with E-state index in [1.54, 1.807) is 11.3 Å². The number of thiazole rings is 1. The molecule has 6 heteroatoms. The summed E-state index contributed by atoms with van der Waals surface area (Å²) in [6.45, 7) is 4.69. The Morgan fingerprint density at radius 1 is 1.33 bits per heavy atom. The summed E-state index contributed by atoms with van der Waals surface area (Å²) < 4.78 is 5.83. The van der Waals surface area contributed by atoms with Crippen LogP contribution in [0.15, 0.2) is 6.20 Å². The van der Waals surface area contributed by atoms with Crippen LogP contribution in [0.3, 0.4) is 0 Å². The highest BCUT2D eigenvalue weighted by Crippen LogP contribution is 2.42. The number of hydrogen-bond acceptors (Lipinski definition) is 4. The normalized spacial score (nSPS) is 26.5. The maximum atomic E-state index is 12.7. The summed E-state index contributed by atoms with van der Waals surface area (Å²) in [6.07, 6.45) is 9.29. The quantitative estimate of drug-likeness (QED) is 0.905. The van der Waals surface area contributed by atoms with Crippen LogP contribution < -0.4 is 5.32 Å². The van der Waals surface area contributed by atoms with Crippen molar-refractivity contribution in [2.45, 2.75) is 57.6 Å². The smallest absolute Gasteiger partial charge is 0.317 e. The van der Waals surface area contributed by atoms with E-state index in [0.717, 1.165) is 37.5 Å². The first kappa shape index (κ1) is 16.3. The van der Waals surface area contributed by atoms with E-state index < -0.39 is 0 Å². The van der Waals surface area contributed by atoms with E-state index in [1.807, 2.05) is 11.1 Å². The fraction of sp³-hybridized carbons (Fsp3) is 0.778. The first-order valence-electron chi connectivity index (χ1n) is 9.30. The van der Waals surface area contributed by atoms with Gasteiger partial charge in [0, 0.05) is 30.8 Å². The van der Waals surface area contributed by atoms with Gasteiger partial charge in [-0.05, 0) is 57.3 Å². The van der Waals surface area contributed by atoms with Crippen molar-refractivity contribution >= 4 is 17.4 Å². The van der Waals surface area contributed by atoms with Crippen molar-refractivity contribution < 1.29 is 9.53 Å². The second kappa shape index (κ2) is 7.00. The Hall–Kier alpha value is -1.14. The number of amides is 2. The Morgan fingerprint density at radius 3 is 2.71 bits per heavy atom. The maximum Gasteiger partial charge on any atom is 0.317 e. The number of urea groups is 1. The van der Waals surface area contributed by atoms with Crippen LogP contribution in [0.1, 0.15) is 54.5 Å². The maximum absolute atomic E-state index is 12.7. The molecule has 2 atom stereocenters. The lowest BCUT2D eigenvalue weighted by Gasteiger charge is -2.35. The second-order valence-electron chi connectivity index (χ2n) is 7.45. The Balaban J connectivity index is 1.32. The molecule has 5 nitrogen and oxygen atoms in total. The number of carbonyl (C=O) groups is 1. The molecule has 0 bridgehead atoms. The number of likely N-dealkylation sites (tertiary alicyclic amines) is 1. The van der Waals surface area contributed by atoms with Gasteiger partial charge in [-0.15, -0.1) is 11.3 Å². The van der Waals surface area contributed by atoms with Crippen molar-refractivity contribution in [2.75, 3.05) is 19.7 Å². The van der Waals surface area contributed by atoms with E-state index in [-0.39, 0.29) is 12.1 Å². The zero-order valence-corrected chi connectivity index (χ0v) is 15.2. The number of carbonyl (C=O) groups excluding carboxylic acids is 1. The number of ether oxygens (including phenoxy) is 1. The highest BCUT2D eigenvalue weighted by Gasteiger charge is 2.37. The van der Waals surface area contributed by atoms with E-state index in [2.05, 4.69) is 17.2 Å². The Kier molecular flexibility index (Phi) is 4.77. The zero-order valence-electron chi connectivity index (χ0n) is 14.4. The molecule has 1 saturated carbocycles. The number of aromatic nitrogens is 1. The molecule has 0 spiro atoms. The molecule has 3 aliphatic rings. The third kappa shape index (κ3) is 3.59. The average molecular weight is 350 g/mol. The molecule has 132 valence electrons. The summed E-state index contributed by atoms with van der Waals surface area (Å²) in [5.74, 6) is 1.21. The molecule has 0 radical (unpaired) electrons. The molecule has 4 rings (SSSR count). The molecule has 3 fully saturated rings. The number of rotatable bonds is 4. The molecule has 2 aliphatic heterocycles. The molecular weight excluding hydrogens is 322 g/mol. The topological polar surface area (TPSA) is 54.5 Å². The first-order valence-corrected chi connectivity index (χ1v) is 10.1. The van der Waals surface area contributed by atoms with Gasteiger partial charge in [0.2, 0.25) is 0 Å². The van der Waals surface area contributed by atoms with Crippen LogP contribution in [0.4, 0.5) is 4.79 Å². The van der Waals surface area contributed by atoms with Gasteiger partial charge >= 0.3 is 6.03 Å². The van der Waals surface area contributed by atoms with Gasteiger partial charge in [-0.2, -0.15) is 0 Å².